The first-order valence-electron chi connectivity index (χ1n) is 10.2. The fourth-order valence-electron chi connectivity index (χ4n) is 5.54. The second-order valence-corrected chi connectivity index (χ2v) is 9.44. The largest absolute Gasteiger partial charge is 0.447 e. The van der Waals surface area contributed by atoms with Crippen molar-refractivity contribution in [2.75, 3.05) is 32.8 Å². The number of carbonyl (C=O) groups excluding carboxylic acids is 2. The normalized spacial score (nSPS) is 23.5. The summed E-state index contributed by atoms with van der Waals surface area (Å²) in [7, 11) is 0. The molecule has 2 spiro atoms. The van der Waals surface area contributed by atoms with Gasteiger partial charge in [-0.25, -0.2) is 9.59 Å². The number of nitrogens with one attached hydrogen (secondary N) is 1. The highest BCUT2D eigenvalue weighted by Gasteiger charge is 2.57. The van der Waals surface area contributed by atoms with Crippen LogP contribution in [0.4, 0.5) is 22.8 Å². The molecule has 1 aromatic carbocycles. The average molecular weight is 434 g/mol. The molecular formula is C21H21F3N4O3. The highest BCUT2D eigenvalue weighted by atomic mass is 19.4. The Hall–Kier alpha value is -2.96. The number of urea groups is 1. The number of amides is 3. The van der Waals surface area contributed by atoms with Gasteiger partial charge < -0.3 is 19.9 Å². The fraction of sp³-hybridized carbons (Fsp3) is 0.571. The molecule has 4 fully saturated rings. The molecule has 0 bridgehead atoms. The molecule has 5 rings (SSSR count). The molecule has 3 heterocycles. The zero-order valence-electron chi connectivity index (χ0n) is 16.7. The van der Waals surface area contributed by atoms with Gasteiger partial charge in [-0.05, 0) is 42.9 Å². The monoisotopic (exact) mass is 434 g/mol. The van der Waals surface area contributed by atoms with Crippen molar-refractivity contribution in [3.63, 3.8) is 0 Å². The molecule has 1 saturated carbocycles. The van der Waals surface area contributed by atoms with Crippen LogP contribution in [0.2, 0.25) is 0 Å². The van der Waals surface area contributed by atoms with Crippen LogP contribution in [-0.4, -0.2) is 60.2 Å². The van der Waals surface area contributed by atoms with Crippen molar-refractivity contribution in [3.8, 4) is 6.07 Å². The lowest BCUT2D eigenvalue weighted by atomic mass is 9.56. The first-order chi connectivity index (χ1) is 14.6. The SMILES string of the molecule is N#Cc1cc(CC2CC3(C2)CN(C(=O)N2CC4(COC(=O)N4)C2)C3)ccc1C(F)(F)F. The van der Waals surface area contributed by atoms with E-state index < -0.39 is 23.4 Å². The second-order valence-electron chi connectivity index (χ2n) is 9.44. The molecule has 3 amide bonds. The third-order valence-corrected chi connectivity index (χ3v) is 6.90. The molecule has 0 unspecified atom stereocenters. The molecular weight excluding hydrogens is 413 g/mol. The van der Waals surface area contributed by atoms with E-state index in [0.29, 0.717) is 45.1 Å². The predicted molar refractivity (Wildman–Crippen MR) is 101 cm³/mol. The summed E-state index contributed by atoms with van der Waals surface area (Å²) in [5, 5.41) is 11.8. The number of likely N-dealkylation sites (tertiary alicyclic amines) is 2. The van der Waals surface area contributed by atoms with Crippen molar-refractivity contribution < 1.29 is 27.5 Å². The molecule has 10 heteroatoms. The fourth-order valence-corrected chi connectivity index (χ4v) is 5.54. The van der Waals surface area contributed by atoms with Crippen molar-refractivity contribution in [3.05, 3.63) is 34.9 Å². The van der Waals surface area contributed by atoms with Crippen LogP contribution < -0.4 is 5.32 Å². The van der Waals surface area contributed by atoms with E-state index >= 15 is 0 Å². The van der Waals surface area contributed by atoms with Crippen LogP contribution in [-0.2, 0) is 17.3 Å². The number of benzene rings is 1. The van der Waals surface area contributed by atoms with E-state index in [-0.39, 0.29) is 17.0 Å². The Morgan fingerprint density at radius 1 is 1.23 bits per heavy atom. The average Bonchev–Trinajstić information content (AvgIpc) is 3.02. The van der Waals surface area contributed by atoms with Crippen molar-refractivity contribution in [1.82, 2.24) is 15.1 Å². The standard InChI is InChI=1S/C21H21F3N4O3/c22-21(23,24)16-2-1-13(4-15(16)7-25)3-14-5-19(6-14)8-27(9-19)18(30)28-10-20(11-28)12-31-17(29)26-20/h1-2,4,14H,3,5-6,8-12H2,(H,26,29). The maximum atomic E-state index is 12.9. The number of ether oxygens (including phenoxy) is 1. The van der Waals surface area contributed by atoms with Gasteiger partial charge in [0.1, 0.15) is 12.1 Å². The van der Waals surface area contributed by atoms with Gasteiger partial charge in [0.15, 0.2) is 0 Å². The van der Waals surface area contributed by atoms with Crippen molar-refractivity contribution in [2.24, 2.45) is 11.3 Å². The number of nitriles is 1. The lowest BCUT2D eigenvalue weighted by Crippen LogP contribution is -2.74. The van der Waals surface area contributed by atoms with Gasteiger partial charge in [-0.15, -0.1) is 0 Å². The van der Waals surface area contributed by atoms with Gasteiger partial charge in [-0.1, -0.05) is 6.07 Å². The van der Waals surface area contributed by atoms with Crippen molar-refractivity contribution in [2.45, 2.75) is 31.0 Å². The van der Waals surface area contributed by atoms with E-state index in [9.17, 15) is 22.8 Å². The Labute approximate surface area is 176 Å². The smallest absolute Gasteiger partial charge is 0.417 e. The van der Waals surface area contributed by atoms with Crippen LogP contribution in [0.5, 0.6) is 0 Å². The Balaban J connectivity index is 1.10. The van der Waals surface area contributed by atoms with E-state index in [0.717, 1.165) is 24.5 Å². The summed E-state index contributed by atoms with van der Waals surface area (Å²) in [4.78, 5) is 27.3. The van der Waals surface area contributed by atoms with Gasteiger partial charge >= 0.3 is 18.3 Å². The third kappa shape index (κ3) is 3.36. The Kier molecular flexibility index (Phi) is 4.20. The third-order valence-electron chi connectivity index (χ3n) is 6.90. The second kappa shape index (κ2) is 6.52. The molecule has 4 aliphatic rings. The molecule has 0 atom stereocenters. The summed E-state index contributed by atoms with van der Waals surface area (Å²) in [5.41, 5.74) is -0.814. The molecule has 1 N–H and O–H groups in total. The molecule has 3 saturated heterocycles. The lowest BCUT2D eigenvalue weighted by Gasteiger charge is -2.61. The van der Waals surface area contributed by atoms with Crippen molar-refractivity contribution in [1.29, 1.82) is 5.26 Å². The molecule has 3 aliphatic heterocycles. The summed E-state index contributed by atoms with van der Waals surface area (Å²) in [6, 6.07) is 5.41. The number of carbonyl (C=O) groups is 2. The Morgan fingerprint density at radius 3 is 2.48 bits per heavy atom. The van der Waals surface area contributed by atoms with Gasteiger partial charge in [0, 0.05) is 18.5 Å². The summed E-state index contributed by atoms with van der Waals surface area (Å²) in [6.07, 6.45) is -2.48. The number of nitrogens with zero attached hydrogens (tertiary/aromatic N) is 3. The van der Waals surface area contributed by atoms with Crippen molar-refractivity contribution >= 4 is 12.1 Å². The molecule has 7 nitrogen and oxygen atoms in total. The van der Waals surface area contributed by atoms with E-state index in [1.165, 1.54) is 12.1 Å². The van der Waals surface area contributed by atoms with Crippen LogP contribution in [0.3, 0.4) is 0 Å². The molecule has 164 valence electrons. The number of cyclic esters (lactones) is 1. The number of rotatable bonds is 2. The number of hydrogen-bond acceptors (Lipinski definition) is 4. The van der Waals surface area contributed by atoms with Crippen LogP contribution in [0, 0.1) is 22.7 Å². The van der Waals surface area contributed by atoms with Crippen LogP contribution in [0.1, 0.15) is 29.5 Å². The lowest BCUT2D eigenvalue weighted by molar-refractivity contribution is -0.137. The minimum absolute atomic E-state index is 0.0257. The summed E-state index contributed by atoms with van der Waals surface area (Å²) in [6.45, 7) is 2.58. The Morgan fingerprint density at radius 2 is 1.90 bits per heavy atom. The van der Waals surface area contributed by atoms with E-state index in [1.54, 1.807) is 11.0 Å². The minimum atomic E-state index is -4.53. The number of halogens is 3. The summed E-state index contributed by atoms with van der Waals surface area (Å²) >= 11 is 0. The van der Waals surface area contributed by atoms with Gasteiger partial charge in [0.25, 0.3) is 0 Å². The van der Waals surface area contributed by atoms with Gasteiger partial charge in [0.05, 0.1) is 30.3 Å². The van der Waals surface area contributed by atoms with Gasteiger partial charge in [-0.3, -0.25) is 0 Å². The van der Waals surface area contributed by atoms with E-state index in [4.69, 9.17) is 10.00 Å². The first kappa shape index (κ1) is 20.0. The maximum Gasteiger partial charge on any atom is 0.417 e. The Bertz CT molecular complexity index is 983. The topological polar surface area (TPSA) is 85.7 Å². The number of hydrogen-bond donors (Lipinski definition) is 1. The minimum Gasteiger partial charge on any atom is -0.447 e. The van der Waals surface area contributed by atoms with Crippen LogP contribution in [0.15, 0.2) is 18.2 Å². The predicted octanol–water partition coefficient (Wildman–Crippen LogP) is 2.75. The quantitative estimate of drug-likeness (QED) is 0.776. The van der Waals surface area contributed by atoms with Crippen LogP contribution in [0.25, 0.3) is 0 Å². The molecule has 1 aliphatic carbocycles. The summed E-state index contributed by atoms with van der Waals surface area (Å²) < 4.78 is 43.7. The maximum absolute atomic E-state index is 12.9. The zero-order valence-corrected chi connectivity index (χ0v) is 16.7. The highest BCUT2D eigenvalue weighted by Crippen LogP contribution is 2.53. The number of alkyl carbamates (subject to hydrolysis) is 1. The van der Waals surface area contributed by atoms with Crippen LogP contribution >= 0.6 is 0 Å². The zero-order chi connectivity index (χ0) is 22.0. The molecule has 0 radical (unpaired) electrons. The van der Waals surface area contributed by atoms with Gasteiger partial charge in [0.2, 0.25) is 0 Å². The van der Waals surface area contributed by atoms with E-state index in [2.05, 4.69) is 5.32 Å². The molecule has 31 heavy (non-hydrogen) atoms. The first-order valence-corrected chi connectivity index (χ1v) is 10.2. The van der Waals surface area contributed by atoms with Gasteiger partial charge in [-0.2, -0.15) is 18.4 Å². The molecule has 0 aromatic heterocycles. The highest BCUT2D eigenvalue weighted by molar-refractivity contribution is 5.78. The summed E-state index contributed by atoms with van der Waals surface area (Å²) in [5.74, 6) is 0.346. The number of alkyl halides is 3. The molecule has 1 aromatic rings. The van der Waals surface area contributed by atoms with E-state index in [1.807, 2.05) is 4.90 Å².